The summed E-state index contributed by atoms with van der Waals surface area (Å²) in [4.78, 5) is 38.3. The molecule has 39 heavy (non-hydrogen) atoms. The number of nitrogens with zero attached hydrogens (tertiary/aromatic N) is 4. The number of thioether (sulfide) groups is 1. The zero-order valence-electron chi connectivity index (χ0n) is 21.6. The molecule has 9 nitrogen and oxygen atoms in total. The summed E-state index contributed by atoms with van der Waals surface area (Å²) >= 11 is 1.19. The van der Waals surface area contributed by atoms with E-state index >= 15 is 0 Å². The maximum atomic E-state index is 13.1. The second kappa shape index (κ2) is 13.9. The summed E-state index contributed by atoms with van der Waals surface area (Å²) in [7, 11) is 5.78. The van der Waals surface area contributed by atoms with Gasteiger partial charge in [-0.25, -0.2) is 4.98 Å². The summed E-state index contributed by atoms with van der Waals surface area (Å²) in [6, 6.07) is 11.5. The van der Waals surface area contributed by atoms with Gasteiger partial charge in [0.25, 0.3) is 5.91 Å². The summed E-state index contributed by atoms with van der Waals surface area (Å²) in [5, 5.41) is 5.45. The van der Waals surface area contributed by atoms with E-state index in [2.05, 4.69) is 25.3 Å². The predicted octanol–water partition coefficient (Wildman–Crippen LogP) is 4.03. The molecule has 2 heterocycles. The lowest BCUT2D eigenvalue weighted by atomic mass is 10.2. The van der Waals surface area contributed by atoms with Gasteiger partial charge in [-0.15, -0.1) is 13.2 Å². The SMILES string of the molecule is CN(C)CCN(C)CC(=O)NC(Sc1ncccc1C(=O)Nc1ccc(OC(F)(F)F)cc1)c1ccncc1. The normalized spacial score (nSPS) is 12.3. The minimum Gasteiger partial charge on any atom is -0.406 e. The standard InChI is InChI=1S/C26H29F3N6O3S/c1-34(2)15-16-35(3)17-22(36)33-24(18-10-13-30-14-11-18)39-25-21(5-4-12-31-25)23(37)32-19-6-8-20(9-7-19)38-26(27,28)29/h4-14,24H,15-17H2,1-3H3,(H,32,37)(H,33,36). The van der Waals surface area contributed by atoms with Crippen molar-refractivity contribution in [1.82, 2.24) is 25.1 Å². The first-order chi connectivity index (χ1) is 18.5. The molecule has 3 aromatic rings. The van der Waals surface area contributed by atoms with Gasteiger partial charge in [0.1, 0.15) is 16.1 Å². The number of alkyl halides is 3. The van der Waals surface area contributed by atoms with Crippen molar-refractivity contribution in [3.8, 4) is 5.75 Å². The van der Waals surface area contributed by atoms with Crippen LogP contribution in [0, 0.1) is 0 Å². The van der Waals surface area contributed by atoms with Gasteiger partial charge < -0.3 is 20.3 Å². The highest BCUT2D eigenvalue weighted by Crippen LogP contribution is 2.34. The fourth-order valence-electron chi connectivity index (χ4n) is 3.31. The quantitative estimate of drug-likeness (QED) is 0.252. The van der Waals surface area contributed by atoms with Gasteiger partial charge in [-0.1, -0.05) is 11.8 Å². The van der Waals surface area contributed by atoms with E-state index in [-0.39, 0.29) is 23.7 Å². The van der Waals surface area contributed by atoms with Crippen molar-refractivity contribution in [1.29, 1.82) is 0 Å². The number of nitrogens with one attached hydrogen (secondary N) is 2. The third kappa shape index (κ3) is 10.2. The Bertz CT molecular complexity index is 1230. The zero-order valence-corrected chi connectivity index (χ0v) is 22.4. The summed E-state index contributed by atoms with van der Waals surface area (Å²) < 4.78 is 41.1. The van der Waals surface area contributed by atoms with Gasteiger partial charge in [0.2, 0.25) is 5.91 Å². The van der Waals surface area contributed by atoms with Crippen molar-refractivity contribution in [2.45, 2.75) is 16.8 Å². The predicted molar refractivity (Wildman–Crippen MR) is 142 cm³/mol. The summed E-state index contributed by atoms with van der Waals surface area (Å²) in [5.41, 5.74) is 1.26. The molecule has 0 aliphatic carbocycles. The van der Waals surface area contributed by atoms with Crippen LogP contribution in [0.15, 0.2) is 72.1 Å². The van der Waals surface area contributed by atoms with Crippen molar-refractivity contribution in [2.24, 2.45) is 0 Å². The van der Waals surface area contributed by atoms with E-state index in [0.717, 1.165) is 24.2 Å². The van der Waals surface area contributed by atoms with Crippen molar-refractivity contribution in [3.63, 3.8) is 0 Å². The van der Waals surface area contributed by atoms with Crippen molar-refractivity contribution in [2.75, 3.05) is 46.1 Å². The molecular formula is C26H29F3N6O3S. The maximum Gasteiger partial charge on any atom is 0.573 e. The van der Waals surface area contributed by atoms with Crippen LogP contribution in [0.25, 0.3) is 0 Å². The highest BCUT2D eigenvalue weighted by Gasteiger charge is 2.31. The Morgan fingerprint density at radius 2 is 1.69 bits per heavy atom. The van der Waals surface area contributed by atoms with Crippen LogP contribution in [0.5, 0.6) is 5.75 Å². The first-order valence-electron chi connectivity index (χ1n) is 11.8. The summed E-state index contributed by atoms with van der Waals surface area (Å²) in [6.45, 7) is 1.69. The van der Waals surface area contributed by atoms with Crippen LogP contribution in [-0.4, -0.2) is 78.7 Å². The van der Waals surface area contributed by atoms with E-state index in [9.17, 15) is 22.8 Å². The lowest BCUT2D eigenvalue weighted by Gasteiger charge is -2.22. The number of hydrogen-bond donors (Lipinski definition) is 2. The van der Waals surface area contributed by atoms with Crippen LogP contribution >= 0.6 is 11.8 Å². The number of amides is 2. The van der Waals surface area contributed by atoms with E-state index in [1.807, 2.05) is 30.9 Å². The molecule has 0 radical (unpaired) electrons. The third-order valence-corrected chi connectivity index (χ3v) is 6.41. The van der Waals surface area contributed by atoms with Gasteiger partial charge in [0, 0.05) is 37.4 Å². The molecule has 0 saturated heterocycles. The molecular weight excluding hydrogens is 533 g/mol. The Balaban J connectivity index is 1.74. The van der Waals surface area contributed by atoms with E-state index in [0.29, 0.717) is 11.6 Å². The molecule has 0 saturated carbocycles. The highest BCUT2D eigenvalue weighted by atomic mass is 32.2. The van der Waals surface area contributed by atoms with Crippen molar-refractivity contribution >= 4 is 29.3 Å². The topological polar surface area (TPSA) is 99.7 Å². The number of halogens is 3. The molecule has 0 fully saturated rings. The molecule has 3 rings (SSSR count). The van der Waals surface area contributed by atoms with Gasteiger partial charge in [-0.05, 0) is 75.2 Å². The second-order valence-electron chi connectivity index (χ2n) is 8.77. The maximum absolute atomic E-state index is 13.1. The third-order valence-electron chi connectivity index (χ3n) is 5.23. The smallest absolute Gasteiger partial charge is 0.406 e. The van der Waals surface area contributed by atoms with Gasteiger partial charge in [-0.3, -0.25) is 19.5 Å². The molecule has 2 N–H and O–H groups in total. The number of carbonyl (C=O) groups excluding carboxylic acids is 2. The number of anilines is 1. The first-order valence-corrected chi connectivity index (χ1v) is 12.7. The molecule has 2 amide bonds. The average Bonchev–Trinajstić information content (AvgIpc) is 2.88. The average molecular weight is 563 g/mol. The van der Waals surface area contributed by atoms with E-state index in [4.69, 9.17) is 0 Å². The van der Waals surface area contributed by atoms with Crippen LogP contribution in [0.3, 0.4) is 0 Å². The van der Waals surface area contributed by atoms with E-state index < -0.39 is 23.4 Å². The molecule has 1 aromatic carbocycles. The van der Waals surface area contributed by atoms with Crippen LogP contribution < -0.4 is 15.4 Å². The largest absolute Gasteiger partial charge is 0.573 e. The first kappa shape index (κ1) is 29.9. The summed E-state index contributed by atoms with van der Waals surface area (Å²) in [5.74, 6) is -1.12. The molecule has 208 valence electrons. The number of rotatable bonds is 12. The lowest BCUT2D eigenvalue weighted by Crippen LogP contribution is -2.39. The Labute approximate surface area is 228 Å². The number of likely N-dealkylation sites (N-methyl/N-ethyl adjacent to an activating group) is 2. The molecule has 0 bridgehead atoms. The van der Waals surface area contributed by atoms with Crippen molar-refractivity contribution in [3.05, 3.63) is 78.2 Å². The monoisotopic (exact) mass is 562 g/mol. The highest BCUT2D eigenvalue weighted by molar-refractivity contribution is 7.99. The second-order valence-corrected chi connectivity index (χ2v) is 9.86. The number of hydrogen-bond acceptors (Lipinski definition) is 8. The Hall–Kier alpha value is -3.68. The molecule has 2 aromatic heterocycles. The molecule has 1 atom stereocenters. The molecule has 13 heteroatoms. The van der Waals surface area contributed by atoms with Crippen LogP contribution in [-0.2, 0) is 4.79 Å². The number of ether oxygens (including phenoxy) is 1. The summed E-state index contributed by atoms with van der Waals surface area (Å²) in [6.07, 6.45) is -0.0647. The van der Waals surface area contributed by atoms with Gasteiger partial charge in [0.15, 0.2) is 0 Å². The Kier molecular flexibility index (Phi) is 10.7. The molecule has 0 spiro atoms. The fraction of sp³-hybridized carbons (Fsp3) is 0.308. The van der Waals surface area contributed by atoms with Crippen molar-refractivity contribution < 1.29 is 27.5 Å². The van der Waals surface area contributed by atoms with Gasteiger partial charge >= 0.3 is 6.36 Å². The minimum absolute atomic E-state index is 0.180. The lowest BCUT2D eigenvalue weighted by molar-refractivity contribution is -0.274. The van der Waals surface area contributed by atoms with E-state index in [1.54, 1.807) is 36.7 Å². The molecule has 0 aliphatic heterocycles. The van der Waals surface area contributed by atoms with Crippen LogP contribution in [0.1, 0.15) is 21.3 Å². The number of benzene rings is 1. The van der Waals surface area contributed by atoms with Crippen LogP contribution in [0.4, 0.5) is 18.9 Å². The Morgan fingerprint density at radius 1 is 1.00 bits per heavy atom. The fourth-order valence-corrected chi connectivity index (χ4v) is 4.43. The Morgan fingerprint density at radius 3 is 2.33 bits per heavy atom. The van der Waals surface area contributed by atoms with E-state index in [1.165, 1.54) is 30.1 Å². The number of pyridine rings is 2. The minimum atomic E-state index is -4.81. The van der Waals surface area contributed by atoms with Gasteiger partial charge in [0.05, 0.1) is 12.1 Å². The van der Waals surface area contributed by atoms with Crippen LogP contribution in [0.2, 0.25) is 0 Å². The number of aromatic nitrogens is 2. The molecule has 1 unspecified atom stereocenters. The van der Waals surface area contributed by atoms with Gasteiger partial charge in [-0.2, -0.15) is 0 Å². The molecule has 0 aliphatic rings. The number of carbonyl (C=O) groups is 2. The zero-order chi connectivity index (χ0) is 28.4.